The van der Waals surface area contributed by atoms with E-state index in [1.807, 2.05) is 6.92 Å². The Kier molecular flexibility index (Phi) is 6.85. The Balaban J connectivity index is 2.58. The van der Waals surface area contributed by atoms with Crippen molar-refractivity contribution in [3.63, 3.8) is 0 Å². The van der Waals surface area contributed by atoms with E-state index in [9.17, 15) is 4.39 Å². The molecular formula is C14H17FO3. The van der Waals surface area contributed by atoms with Gasteiger partial charge in [0.2, 0.25) is 0 Å². The molecule has 0 amide bonds. The summed E-state index contributed by atoms with van der Waals surface area (Å²) in [5.74, 6) is 5.28. The predicted octanol–water partition coefficient (Wildman–Crippen LogP) is 1.97. The molecule has 3 nitrogen and oxygen atoms in total. The maximum atomic E-state index is 13.1. The Hall–Kier alpha value is -1.57. The summed E-state index contributed by atoms with van der Waals surface area (Å²) in [6, 6.07) is 4.15. The highest BCUT2D eigenvalue weighted by atomic mass is 19.1. The summed E-state index contributed by atoms with van der Waals surface area (Å²) >= 11 is 0. The molecule has 0 aromatic heterocycles. The highest BCUT2D eigenvalue weighted by Crippen LogP contribution is 2.18. The molecule has 1 aromatic rings. The highest BCUT2D eigenvalue weighted by molar-refractivity contribution is 5.46. The van der Waals surface area contributed by atoms with Gasteiger partial charge in [0.25, 0.3) is 0 Å². The van der Waals surface area contributed by atoms with Crippen molar-refractivity contribution in [2.75, 3.05) is 26.4 Å². The largest absolute Gasteiger partial charge is 0.492 e. The van der Waals surface area contributed by atoms with Gasteiger partial charge in [0.05, 0.1) is 12.2 Å². The normalized spacial score (nSPS) is 9.72. The van der Waals surface area contributed by atoms with Crippen LogP contribution in [0.5, 0.6) is 5.75 Å². The van der Waals surface area contributed by atoms with Gasteiger partial charge in [0.15, 0.2) is 0 Å². The van der Waals surface area contributed by atoms with Crippen molar-refractivity contribution in [1.29, 1.82) is 0 Å². The number of aliphatic hydroxyl groups excluding tert-OH is 1. The summed E-state index contributed by atoms with van der Waals surface area (Å²) in [6.45, 7) is 3.47. The molecule has 1 N–H and O–H groups in total. The number of aliphatic hydroxyl groups is 1. The number of benzene rings is 1. The second-order valence-corrected chi connectivity index (χ2v) is 3.50. The molecular weight excluding hydrogens is 235 g/mol. The Labute approximate surface area is 107 Å². The fourth-order valence-electron chi connectivity index (χ4n) is 1.35. The topological polar surface area (TPSA) is 38.7 Å². The lowest BCUT2D eigenvalue weighted by molar-refractivity contribution is 0.131. The molecule has 0 saturated heterocycles. The van der Waals surface area contributed by atoms with E-state index < -0.39 is 0 Å². The van der Waals surface area contributed by atoms with Crippen LogP contribution in [0, 0.1) is 17.7 Å². The van der Waals surface area contributed by atoms with Crippen LogP contribution in [0.1, 0.15) is 18.9 Å². The molecule has 0 aliphatic rings. The van der Waals surface area contributed by atoms with Crippen LogP contribution in [0.3, 0.4) is 0 Å². The third kappa shape index (κ3) is 5.17. The van der Waals surface area contributed by atoms with Gasteiger partial charge in [-0.05, 0) is 25.1 Å². The lowest BCUT2D eigenvalue weighted by atomic mass is 10.2. The van der Waals surface area contributed by atoms with Crippen LogP contribution in [0.25, 0.3) is 0 Å². The lowest BCUT2D eigenvalue weighted by Gasteiger charge is -2.08. The van der Waals surface area contributed by atoms with Crippen LogP contribution >= 0.6 is 0 Å². The van der Waals surface area contributed by atoms with Crippen LogP contribution in [0.15, 0.2) is 18.2 Å². The molecule has 98 valence electrons. The third-order valence-electron chi connectivity index (χ3n) is 2.14. The highest BCUT2D eigenvalue weighted by Gasteiger charge is 2.03. The number of halogens is 1. The van der Waals surface area contributed by atoms with Crippen LogP contribution in [0.4, 0.5) is 4.39 Å². The Bertz CT molecular complexity index is 421. The van der Waals surface area contributed by atoms with E-state index in [0.29, 0.717) is 31.1 Å². The molecule has 0 radical (unpaired) electrons. The summed E-state index contributed by atoms with van der Waals surface area (Å²) in [5.41, 5.74) is 0.445. The number of rotatable bonds is 6. The second-order valence-electron chi connectivity index (χ2n) is 3.50. The maximum Gasteiger partial charge on any atom is 0.135 e. The summed E-state index contributed by atoms with van der Waals surface area (Å²) in [4.78, 5) is 0. The minimum Gasteiger partial charge on any atom is -0.492 e. The molecule has 0 aliphatic carbocycles. The van der Waals surface area contributed by atoms with Gasteiger partial charge in [0, 0.05) is 19.6 Å². The molecule has 0 bridgehead atoms. The SMILES string of the molecule is CCOCCCOc1ccc(F)cc1C#CCO. The van der Waals surface area contributed by atoms with Gasteiger partial charge in [-0.2, -0.15) is 0 Å². The zero-order valence-corrected chi connectivity index (χ0v) is 10.4. The number of hydrogen-bond acceptors (Lipinski definition) is 3. The zero-order chi connectivity index (χ0) is 13.2. The summed E-state index contributed by atoms with van der Waals surface area (Å²) in [7, 11) is 0. The number of hydrogen-bond donors (Lipinski definition) is 1. The van der Waals surface area contributed by atoms with Gasteiger partial charge in [-0.15, -0.1) is 0 Å². The first-order valence-electron chi connectivity index (χ1n) is 5.87. The van der Waals surface area contributed by atoms with Crippen molar-refractivity contribution < 1.29 is 19.0 Å². The lowest BCUT2D eigenvalue weighted by Crippen LogP contribution is -2.04. The average molecular weight is 252 g/mol. The van der Waals surface area contributed by atoms with Crippen LogP contribution in [-0.4, -0.2) is 31.5 Å². The Morgan fingerprint density at radius 1 is 1.33 bits per heavy atom. The van der Waals surface area contributed by atoms with Gasteiger partial charge < -0.3 is 14.6 Å². The molecule has 0 aliphatic heterocycles. The summed E-state index contributed by atoms with van der Waals surface area (Å²) in [5, 5.41) is 8.64. The fraction of sp³-hybridized carbons (Fsp3) is 0.429. The molecule has 0 spiro atoms. The first-order valence-corrected chi connectivity index (χ1v) is 5.87. The molecule has 1 aromatic carbocycles. The van der Waals surface area contributed by atoms with E-state index in [1.54, 1.807) is 0 Å². The van der Waals surface area contributed by atoms with Crippen molar-refractivity contribution in [3.8, 4) is 17.6 Å². The summed E-state index contributed by atoms with van der Waals surface area (Å²) in [6.07, 6.45) is 0.762. The van der Waals surface area contributed by atoms with Gasteiger partial charge in [-0.1, -0.05) is 11.8 Å². The van der Waals surface area contributed by atoms with E-state index in [1.165, 1.54) is 18.2 Å². The molecule has 0 atom stereocenters. The van der Waals surface area contributed by atoms with Gasteiger partial charge in [-0.3, -0.25) is 0 Å². The zero-order valence-electron chi connectivity index (χ0n) is 10.4. The Morgan fingerprint density at radius 3 is 2.89 bits per heavy atom. The van der Waals surface area contributed by atoms with Gasteiger partial charge in [0.1, 0.15) is 18.2 Å². The Morgan fingerprint density at radius 2 is 2.17 bits per heavy atom. The van der Waals surface area contributed by atoms with Crippen LogP contribution in [0.2, 0.25) is 0 Å². The molecule has 0 unspecified atom stereocenters. The second kappa shape index (κ2) is 8.51. The molecule has 1 rings (SSSR count). The molecule has 4 heteroatoms. The van der Waals surface area contributed by atoms with E-state index in [4.69, 9.17) is 14.6 Å². The van der Waals surface area contributed by atoms with Gasteiger partial charge in [-0.25, -0.2) is 4.39 Å². The molecule has 0 saturated carbocycles. The van der Waals surface area contributed by atoms with Crippen LogP contribution in [-0.2, 0) is 4.74 Å². The third-order valence-corrected chi connectivity index (χ3v) is 2.14. The standard InChI is InChI=1S/C14H17FO3/c1-2-17-9-4-10-18-14-7-6-13(15)11-12(14)5-3-8-16/h6-7,11,16H,2,4,8-10H2,1H3. The van der Waals surface area contributed by atoms with E-state index in [0.717, 1.165) is 6.42 Å². The average Bonchev–Trinajstić information content (AvgIpc) is 2.38. The monoisotopic (exact) mass is 252 g/mol. The quantitative estimate of drug-likeness (QED) is 0.621. The predicted molar refractivity (Wildman–Crippen MR) is 67.0 cm³/mol. The van der Waals surface area contributed by atoms with Crippen molar-refractivity contribution in [2.45, 2.75) is 13.3 Å². The summed E-state index contributed by atoms with van der Waals surface area (Å²) < 4.78 is 23.7. The maximum absolute atomic E-state index is 13.1. The van der Waals surface area contributed by atoms with Crippen molar-refractivity contribution in [3.05, 3.63) is 29.6 Å². The number of ether oxygens (including phenoxy) is 2. The van der Waals surface area contributed by atoms with E-state index in [-0.39, 0.29) is 12.4 Å². The fourth-order valence-corrected chi connectivity index (χ4v) is 1.35. The van der Waals surface area contributed by atoms with Crippen LogP contribution < -0.4 is 4.74 Å². The van der Waals surface area contributed by atoms with E-state index in [2.05, 4.69) is 11.8 Å². The first kappa shape index (κ1) is 14.5. The minimum atomic E-state index is -0.376. The molecule has 18 heavy (non-hydrogen) atoms. The van der Waals surface area contributed by atoms with Gasteiger partial charge >= 0.3 is 0 Å². The van der Waals surface area contributed by atoms with E-state index >= 15 is 0 Å². The van der Waals surface area contributed by atoms with Crippen molar-refractivity contribution in [1.82, 2.24) is 0 Å². The van der Waals surface area contributed by atoms with Crippen molar-refractivity contribution >= 4 is 0 Å². The molecule has 0 heterocycles. The van der Waals surface area contributed by atoms with Crippen molar-refractivity contribution in [2.24, 2.45) is 0 Å². The molecule has 0 fully saturated rings. The smallest absolute Gasteiger partial charge is 0.135 e. The minimum absolute atomic E-state index is 0.264. The first-order chi connectivity index (χ1) is 8.77.